The molecule has 0 atom stereocenters. The van der Waals surface area contributed by atoms with Crippen LogP contribution in [0.3, 0.4) is 0 Å². The van der Waals surface area contributed by atoms with Crippen LogP contribution in [0.15, 0.2) is 12.3 Å². The van der Waals surface area contributed by atoms with Crippen LogP contribution in [-0.2, 0) is 0 Å². The second-order valence-corrected chi connectivity index (χ2v) is 3.87. The summed E-state index contributed by atoms with van der Waals surface area (Å²) in [5, 5.41) is 17.8. The quantitative estimate of drug-likeness (QED) is 0.712. The van der Waals surface area contributed by atoms with Gasteiger partial charge in [0.1, 0.15) is 18.0 Å². The lowest BCUT2D eigenvalue weighted by molar-refractivity contribution is 0.573. The highest BCUT2D eigenvalue weighted by Gasteiger charge is 2.16. The Balaban J connectivity index is 2.33. The maximum Gasteiger partial charge on any atom is 0.146 e. The molecule has 0 unspecified atom stereocenters. The SMILES string of the molecule is N#Cc1cnc(N2CCCCC2)c(C#N)c1. The van der Waals surface area contributed by atoms with Crippen molar-refractivity contribution in [2.75, 3.05) is 18.0 Å². The molecular formula is C12H12N4. The van der Waals surface area contributed by atoms with Gasteiger partial charge in [-0.05, 0) is 25.3 Å². The normalized spacial score (nSPS) is 15.2. The molecular weight excluding hydrogens is 200 g/mol. The molecule has 2 heterocycles. The molecule has 2 rings (SSSR count). The molecule has 1 fully saturated rings. The van der Waals surface area contributed by atoms with Crippen LogP contribution >= 0.6 is 0 Å². The predicted molar refractivity (Wildman–Crippen MR) is 59.7 cm³/mol. The first-order valence-corrected chi connectivity index (χ1v) is 5.40. The Bertz CT molecular complexity index is 461. The maximum atomic E-state index is 9.04. The second kappa shape index (κ2) is 4.63. The summed E-state index contributed by atoms with van der Waals surface area (Å²) in [4.78, 5) is 6.35. The fourth-order valence-electron chi connectivity index (χ4n) is 1.96. The van der Waals surface area contributed by atoms with Gasteiger partial charge < -0.3 is 4.90 Å². The molecule has 1 saturated heterocycles. The summed E-state index contributed by atoms with van der Waals surface area (Å²) in [6, 6.07) is 5.72. The van der Waals surface area contributed by atoms with E-state index >= 15 is 0 Å². The van der Waals surface area contributed by atoms with Gasteiger partial charge in [0.25, 0.3) is 0 Å². The van der Waals surface area contributed by atoms with Crippen molar-refractivity contribution in [1.82, 2.24) is 4.98 Å². The third-order valence-electron chi connectivity index (χ3n) is 2.77. The Hall–Kier alpha value is -2.07. The topological polar surface area (TPSA) is 63.7 Å². The van der Waals surface area contributed by atoms with Crippen molar-refractivity contribution >= 4 is 5.82 Å². The number of hydrogen-bond acceptors (Lipinski definition) is 4. The number of anilines is 1. The predicted octanol–water partition coefficient (Wildman–Crippen LogP) is 1.82. The molecule has 1 aliphatic heterocycles. The van der Waals surface area contributed by atoms with E-state index < -0.39 is 0 Å². The minimum atomic E-state index is 0.442. The van der Waals surface area contributed by atoms with Gasteiger partial charge >= 0.3 is 0 Å². The zero-order chi connectivity index (χ0) is 11.4. The number of hydrogen-bond donors (Lipinski definition) is 0. The molecule has 0 aromatic carbocycles. The van der Waals surface area contributed by atoms with Gasteiger partial charge in [0.15, 0.2) is 0 Å². The van der Waals surface area contributed by atoms with E-state index in [-0.39, 0.29) is 0 Å². The lowest BCUT2D eigenvalue weighted by atomic mass is 10.1. The van der Waals surface area contributed by atoms with Crippen molar-refractivity contribution in [2.24, 2.45) is 0 Å². The van der Waals surface area contributed by atoms with E-state index in [2.05, 4.69) is 16.0 Å². The van der Waals surface area contributed by atoms with Crippen LogP contribution in [0.2, 0.25) is 0 Å². The zero-order valence-corrected chi connectivity index (χ0v) is 8.98. The summed E-state index contributed by atoms with van der Waals surface area (Å²) in [5.41, 5.74) is 0.943. The third kappa shape index (κ3) is 1.97. The van der Waals surface area contributed by atoms with Gasteiger partial charge in [0.05, 0.1) is 11.1 Å². The van der Waals surface area contributed by atoms with Gasteiger partial charge in [0, 0.05) is 19.3 Å². The third-order valence-corrected chi connectivity index (χ3v) is 2.77. The Labute approximate surface area is 94.7 Å². The molecule has 4 nitrogen and oxygen atoms in total. The second-order valence-electron chi connectivity index (χ2n) is 3.87. The van der Waals surface area contributed by atoms with Crippen LogP contribution in [0.4, 0.5) is 5.82 Å². The molecule has 0 spiro atoms. The van der Waals surface area contributed by atoms with Crippen LogP contribution in [0.25, 0.3) is 0 Å². The summed E-state index contributed by atoms with van der Waals surface area (Å²) in [6.07, 6.45) is 5.07. The van der Waals surface area contributed by atoms with E-state index in [0.717, 1.165) is 31.7 Å². The standard InChI is InChI=1S/C12H12N4/c13-7-10-6-11(8-14)12(15-9-10)16-4-2-1-3-5-16/h6,9H,1-5H2. The van der Waals surface area contributed by atoms with Crippen molar-refractivity contribution in [3.05, 3.63) is 23.4 Å². The minimum Gasteiger partial charge on any atom is -0.356 e. The number of rotatable bonds is 1. The largest absolute Gasteiger partial charge is 0.356 e. The van der Waals surface area contributed by atoms with Gasteiger partial charge in [-0.15, -0.1) is 0 Å². The zero-order valence-electron chi connectivity index (χ0n) is 8.98. The van der Waals surface area contributed by atoms with E-state index in [1.165, 1.54) is 12.6 Å². The van der Waals surface area contributed by atoms with E-state index in [9.17, 15) is 0 Å². The van der Waals surface area contributed by atoms with E-state index in [4.69, 9.17) is 10.5 Å². The average Bonchev–Trinajstić information content (AvgIpc) is 2.39. The number of nitriles is 2. The van der Waals surface area contributed by atoms with Crippen molar-refractivity contribution in [3.63, 3.8) is 0 Å². The molecule has 0 aliphatic carbocycles. The van der Waals surface area contributed by atoms with Crippen LogP contribution in [0, 0.1) is 22.7 Å². The Morgan fingerprint density at radius 2 is 1.88 bits per heavy atom. The van der Waals surface area contributed by atoms with Crippen molar-refractivity contribution in [2.45, 2.75) is 19.3 Å². The highest BCUT2D eigenvalue weighted by atomic mass is 15.2. The highest BCUT2D eigenvalue weighted by molar-refractivity contribution is 5.56. The van der Waals surface area contributed by atoms with E-state index in [0.29, 0.717) is 11.1 Å². The van der Waals surface area contributed by atoms with E-state index in [1.807, 2.05) is 6.07 Å². The first-order chi connectivity index (χ1) is 7.85. The summed E-state index contributed by atoms with van der Waals surface area (Å²) in [5.74, 6) is 0.723. The molecule has 1 aromatic heterocycles. The molecule has 4 heteroatoms. The maximum absolute atomic E-state index is 9.04. The first-order valence-electron chi connectivity index (χ1n) is 5.40. The number of aromatic nitrogens is 1. The van der Waals surface area contributed by atoms with Crippen LogP contribution in [0.5, 0.6) is 0 Å². The molecule has 1 aliphatic rings. The molecule has 0 saturated carbocycles. The van der Waals surface area contributed by atoms with Crippen molar-refractivity contribution in [1.29, 1.82) is 10.5 Å². The Morgan fingerprint density at radius 1 is 1.12 bits per heavy atom. The Morgan fingerprint density at radius 3 is 2.50 bits per heavy atom. The van der Waals surface area contributed by atoms with Crippen LogP contribution < -0.4 is 4.90 Å². The van der Waals surface area contributed by atoms with E-state index in [1.54, 1.807) is 6.07 Å². The number of pyridine rings is 1. The summed E-state index contributed by atoms with van der Waals surface area (Å²) < 4.78 is 0. The number of piperidine rings is 1. The Kier molecular flexibility index (Phi) is 3.03. The lowest BCUT2D eigenvalue weighted by Gasteiger charge is -2.28. The van der Waals surface area contributed by atoms with Crippen LogP contribution in [0.1, 0.15) is 30.4 Å². The smallest absolute Gasteiger partial charge is 0.146 e. The van der Waals surface area contributed by atoms with Gasteiger partial charge in [-0.1, -0.05) is 0 Å². The highest BCUT2D eigenvalue weighted by Crippen LogP contribution is 2.21. The van der Waals surface area contributed by atoms with Gasteiger partial charge in [-0.25, -0.2) is 4.98 Å². The molecule has 0 amide bonds. The first kappa shape index (κ1) is 10.4. The summed E-state index contributed by atoms with van der Waals surface area (Å²) in [7, 11) is 0. The van der Waals surface area contributed by atoms with Crippen molar-refractivity contribution < 1.29 is 0 Å². The van der Waals surface area contributed by atoms with Crippen molar-refractivity contribution in [3.8, 4) is 12.1 Å². The monoisotopic (exact) mass is 212 g/mol. The summed E-state index contributed by atoms with van der Waals surface area (Å²) in [6.45, 7) is 1.90. The molecule has 0 bridgehead atoms. The molecule has 80 valence electrons. The van der Waals surface area contributed by atoms with Gasteiger partial charge in [0.2, 0.25) is 0 Å². The fourth-order valence-corrected chi connectivity index (χ4v) is 1.96. The molecule has 0 radical (unpaired) electrons. The van der Waals surface area contributed by atoms with Gasteiger partial charge in [-0.2, -0.15) is 10.5 Å². The fraction of sp³-hybridized carbons (Fsp3) is 0.417. The van der Waals surface area contributed by atoms with Gasteiger partial charge in [-0.3, -0.25) is 0 Å². The lowest BCUT2D eigenvalue weighted by Crippen LogP contribution is -2.30. The summed E-state index contributed by atoms with van der Waals surface area (Å²) >= 11 is 0. The number of nitrogens with zero attached hydrogens (tertiary/aromatic N) is 4. The van der Waals surface area contributed by atoms with Crippen LogP contribution in [-0.4, -0.2) is 18.1 Å². The average molecular weight is 212 g/mol. The molecule has 16 heavy (non-hydrogen) atoms. The minimum absolute atomic E-state index is 0.442. The molecule has 1 aromatic rings. The molecule has 0 N–H and O–H groups in total.